The second-order valence-electron chi connectivity index (χ2n) is 4.37. The monoisotopic (exact) mass is 279 g/mol. The Labute approximate surface area is 115 Å². The highest BCUT2D eigenvalue weighted by Crippen LogP contribution is 2.21. The zero-order valence-electron chi connectivity index (χ0n) is 11.2. The third-order valence-electron chi connectivity index (χ3n) is 2.88. The van der Waals surface area contributed by atoms with Crippen LogP contribution in [0.4, 0.5) is 20.4 Å². The van der Waals surface area contributed by atoms with Gasteiger partial charge in [0.25, 0.3) is 0 Å². The van der Waals surface area contributed by atoms with Gasteiger partial charge in [-0.25, -0.2) is 13.8 Å². The molecule has 0 aliphatic rings. The molecule has 106 valence electrons. The largest absolute Gasteiger partial charge is 0.497 e. The molecule has 2 N–H and O–H groups in total. The van der Waals surface area contributed by atoms with E-state index in [1.165, 1.54) is 0 Å². The molecule has 0 amide bonds. The maximum absolute atomic E-state index is 13.7. The van der Waals surface area contributed by atoms with Gasteiger partial charge in [0, 0.05) is 19.7 Å². The summed E-state index contributed by atoms with van der Waals surface area (Å²) in [6.45, 7) is 0.416. The Morgan fingerprint density at radius 3 is 2.45 bits per heavy atom. The summed E-state index contributed by atoms with van der Waals surface area (Å²) >= 11 is 0. The van der Waals surface area contributed by atoms with Crippen LogP contribution in [0, 0.1) is 11.6 Å². The van der Waals surface area contributed by atoms with Crippen LogP contribution in [-0.4, -0.2) is 19.1 Å². The van der Waals surface area contributed by atoms with Gasteiger partial charge in [-0.1, -0.05) is 12.1 Å². The lowest BCUT2D eigenvalue weighted by molar-refractivity contribution is 0.414. The molecule has 1 aromatic heterocycles. The van der Waals surface area contributed by atoms with Crippen molar-refractivity contribution < 1.29 is 13.5 Å². The smallest absolute Gasteiger partial charge is 0.168 e. The van der Waals surface area contributed by atoms with E-state index in [1.54, 1.807) is 19.1 Å². The van der Waals surface area contributed by atoms with Crippen molar-refractivity contribution in [1.82, 2.24) is 4.98 Å². The van der Waals surface area contributed by atoms with Crippen LogP contribution < -0.4 is 15.4 Å². The Balaban J connectivity index is 2.18. The third-order valence-corrected chi connectivity index (χ3v) is 2.88. The lowest BCUT2D eigenvalue weighted by atomic mass is 10.2. The van der Waals surface area contributed by atoms with Gasteiger partial charge in [-0.3, -0.25) is 0 Å². The van der Waals surface area contributed by atoms with Gasteiger partial charge in [0.05, 0.1) is 7.11 Å². The predicted octanol–water partition coefficient (Wildman–Crippen LogP) is 2.59. The van der Waals surface area contributed by atoms with Crippen molar-refractivity contribution >= 4 is 11.6 Å². The van der Waals surface area contributed by atoms with E-state index in [0.29, 0.717) is 6.54 Å². The fraction of sp³-hybridized carbons (Fsp3) is 0.214. The van der Waals surface area contributed by atoms with Crippen molar-refractivity contribution in [2.45, 2.75) is 6.54 Å². The van der Waals surface area contributed by atoms with E-state index in [0.717, 1.165) is 17.4 Å². The number of benzene rings is 1. The average Bonchev–Trinajstić information content (AvgIpc) is 2.43. The van der Waals surface area contributed by atoms with Gasteiger partial charge < -0.3 is 15.4 Å². The zero-order chi connectivity index (χ0) is 14.7. The average molecular weight is 279 g/mol. The minimum atomic E-state index is -0.857. The molecule has 0 saturated heterocycles. The van der Waals surface area contributed by atoms with Crippen LogP contribution in [0.25, 0.3) is 0 Å². The van der Waals surface area contributed by atoms with Crippen molar-refractivity contribution in [3.05, 3.63) is 47.5 Å². The highest BCUT2D eigenvalue weighted by molar-refractivity contribution is 5.47. The molecular weight excluding hydrogens is 264 g/mol. The Morgan fingerprint density at radius 2 is 1.85 bits per heavy atom. The molecule has 0 aliphatic carbocycles. The predicted molar refractivity (Wildman–Crippen MR) is 73.7 cm³/mol. The number of nitrogen functional groups attached to an aromatic ring is 1. The molecular formula is C14H15F2N3O. The minimum absolute atomic E-state index is 0.0136. The van der Waals surface area contributed by atoms with Gasteiger partial charge >= 0.3 is 0 Å². The SMILES string of the molecule is COc1ccc(CN(C)c2nc(N)c(F)cc2F)cc1. The summed E-state index contributed by atoms with van der Waals surface area (Å²) in [4.78, 5) is 5.29. The summed E-state index contributed by atoms with van der Waals surface area (Å²) in [5.74, 6) is -1.16. The number of aromatic nitrogens is 1. The third kappa shape index (κ3) is 2.96. The summed E-state index contributed by atoms with van der Waals surface area (Å²) < 4.78 is 31.8. The summed E-state index contributed by atoms with van der Waals surface area (Å²) in [5, 5.41) is 0. The van der Waals surface area contributed by atoms with E-state index in [1.807, 2.05) is 24.3 Å². The number of hydrogen-bond donors (Lipinski definition) is 1. The normalized spacial score (nSPS) is 10.4. The molecule has 1 heterocycles. The van der Waals surface area contributed by atoms with Gasteiger partial charge in [0.1, 0.15) is 5.75 Å². The molecule has 0 unspecified atom stereocenters. The van der Waals surface area contributed by atoms with E-state index >= 15 is 0 Å². The van der Waals surface area contributed by atoms with Crippen LogP contribution in [0.2, 0.25) is 0 Å². The Morgan fingerprint density at radius 1 is 1.20 bits per heavy atom. The van der Waals surface area contributed by atoms with E-state index in [-0.39, 0.29) is 11.6 Å². The molecule has 1 aromatic carbocycles. The van der Waals surface area contributed by atoms with Crippen molar-refractivity contribution in [2.75, 3.05) is 24.8 Å². The van der Waals surface area contributed by atoms with Gasteiger partial charge in [0.15, 0.2) is 23.3 Å². The highest BCUT2D eigenvalue weighted by Gasteiger charge is 2.13. The maximum Gasteiger partial charge on any atom is 0.168 e. The van der Waals surface area contributed by atoms with Crippen LogP contribution in [0.3, 0.4) is 0 Å². The van der Waals surface area contributed by atoms with E-state index in [2.05, 4.69) is 4.98 Å². The van der Waals surface area contributed by atoms with E-state index in [4.69, 9.17) is 10.5 Å². The number of methoxy groups -OCH3 is 1. The molecule has 0 spiro atoms. The standard InChI is InChI=1S/C14H15F2N3O/c1-19(8-9-3-5-10(20-2)6-4-9)14-12(16)7-11(15)13(17)18-14/h3-7H,8H2,1-2H3,(H2,17,18). The first kappa shape index (κ1) is 14.0. The van der Waals surface area contributed by atoms with Gasteiger partial charge in [0.2, 0.25) is 0 Å². The second kappa shape index (κ2) is 5.73. The number of anilines is 2. The van der Waals surface area contributed by atoms with Crippen molar-refractivity contribution in [1.29, 1.82) is 0 Å². The molecule has 0 bridgehead atoms. The highest BCUT2D eigenvalue weighted by atomic mass is 19.1. The Bertz CT molecular complexity index is 602. The molecule has 6 heteroatoms. The van der Waals surface area contributed by atoms with E-state index in [9.17, 15) is 8.78 Å². The lowest BCUT2D eigenvalue weighted by Crippen LogP contribution is -2.20. The first-order valence-electron chi connectivity index (χ1n) is 5.97. The quantitative estimate of drug-likeness (QED) is 0.934. The molecule has 0 radical (unpaired) electrons. The molecule has 0 atom stereocenters. The maximum atomic E-state index is 13.7. The summed E-state index contributed by atoms with van der Waals surface area (Å²) in [7, 11) is 3.24. The number of ether oxygens (including phenoxy) is 1. The number of nitrogens with zero attached hydrogens (tertiary/aromatic N) is 2. The fourth-order valence-electron chi connectivity index (χ4n) is 1.82. The lowest BCUT2D eigenvalue weighted by Gasteiger charge is -2.19. The zero-order valence-corrected chi connectivity index (χ0v) is 11.2. The number of rotatable bonds is 4. The molecule has 20 heavy (non-hydrogen) atoms. The van der Waals surface area contributed by atoms with Crippen LogP contribution in [0.1, 0.15) is 5.56 Å². The van der Waals surface area contributed by atoms with Crippen molar-refractivity contribution in [3.63, 3.8) is 0 Å². The van der Waals surface area contributed by atoms with Crippen LogP contribution in [0.5, 0.6) is 5.75 Å². The van der Waals surface area contributed by atoms with E-state index < -0.39 is 11.6 Å². The van der Waals surface area contributed by atoms with Crippen molar-refractivity contribution in [3.8, 4) is 5.75 Å². The number of hydrogen-bond acceptors (Lipinski definition) is 4. The minimum Gasteiger partial charge on any atom is -0.497 e. The Kier molecular flexibility index (Phi) is 4.02. The molecule has 2 aromatic rings. The topological polar surface area (TPSA) is 51.4 Å². The van der Waals surface area contributed by atoms with Crippen molar-refractivity contribution in [2.24, 2.45) is 0 Å². The van der Waals surface area contributed by atoms with Crippen LogP contribution >= 0.6 is 0 Å². The first-order chi connectivity index (χ1) is 9.51. The van der Waals surface area contributed by atoms with Gasteiger partial charge in [-0.15, -0.1) is 0 Å². The molecule has 0 aliphatic heterocycles. The molecule has 2 rings (SSSR count). The molecule has 0 saturated carbocycles. The second-order valence-corrected chi connectivity index (χ2v) is 4.37. The summed E-state index contributed by atoms with van der Waals surface area (Å²) in [6.07, 6.45) is 0. The molecule has 4 nitrogen and oxygen atoms in total. The van der Waals surface area contributed by atoms with Gasteiger partial charge in [-0.2, -0.15) is 0 Å². The summed E-state index contributed by atoms with van der Waals surface area (Å²) in [6, 6.07) is 8.08. The summed E-state index contributed by atoms with van der Waals surface area (Å²) in [5.41, 5.74) is 6.30. The Hall–Kier alpha value is -2.37. The fourth-order valence-corrected chi connectivity index (χ4v) is 1.82. The first-order valence-corrected chi connectivity index (χ1v) is 5.97. The van der Waals surface area contributed by atoms with Gasteiger partial charge in [-0.05, 0) is 17.7 Å². The number of pyridine rings is 1. The number of nitrogens with two attached hydrogens (primary N) is 1. The van der Waals surface area contributed by atoms with Crippen LogP contribution in [-0.2, 0) is 6.54 Å². The molecule has 0 fully saturated rings. The van der Waals surface area contributed by atoms with Crippen LogP contribution in [0.15, 0.2) is 30.3 Å². The number of halogens is 2.